The fourth-order valence-electron chi connectivity index (χ4n) is 11.2. The van der Waals surface area contributed by atoms with Crippen LogP contribution in [0.2, 0.25) is 0 Å². The minimum absolute atomic E-state index is 0.305. The van der Waals surface area contributed by atoms with Crippen molar-refractivity contribution in [2.45, 2.75) is 110 Å². The van der Waals surface area contributed by atoms with Gasteiger partial charge in [0.1, 0.15) is 0 Å². The Morgan fingerprint density at radius 2 is 0.789 bits per heavy atom. The summed E-state index contributed by atoms with van der Waals surface area (Å²) < 4.78 is 2.42. The Morgan fingerprint density at radius 3 is 1.13 bits per heavy atom. The number of halogens is 4. The third-order valence-corrected chi connectivity index (χ3v) is 15.0. The van der Waals surface area contributed by atoms with Crippen molar-refractivity contribution in [1.29, 1.82) is 0 Å². The van der Waals surface area contributed by atoms with Crippen molar-refractivity contribution in [2.75, 3.05) is 0 Å². The monoisotopic (exact) mass is 764 g/mol. The molecule has 6 aliphatic carbocycles. The molecule has 6 aliphatic rings. The average molecular weight is 768 g/mol. The van der Waals surface area contributed by atoms with Crippen LogP contribution in [-0.2, 0) is 10.8 Å². The van der Waals surface area contributed by atoms with Gasteiger partial charge in [0.2, 0.25) is 0 Å². The van der Waals surface area contributed by atoms with Crippen LogP contribution in [0, 0.1) is 22.7 Å². The van der Waals surface area contributed by atoms with Crippen LogP contribution < -0.4 is 0 Å². The number of rotatable bonds is 4. The summed E-state index contributed by atoms with van der Waals surface area (Å²) in [4.78, 5) is 1.47. The molecule has 0 aliphatic heterocycles. The van der Waals surface area contributed by atoms with Crippen LogP contribution in [0.4, 0.5) is 0 Å². The van der Waals surface area contributed by atoms with Crippen molar-refractivity contribution < 1.29 is 0 Å². The second-order valence-electron chi connectivity index (χ2n) is 14.3. The van der Waals surface area contributed by atoms with E-state index in [1.54, 1.807) is 11.1 Å². The highest BCUT2D eigenvalue weighted by molar-refractivity contribution is 9.11. The molecule has 2 aromatic rings. The SMILES string of the molecule is Brc1ccc(C23CC4(c5ccc(Br)cc5)CC(C5CCC(Br)CC5)(C2)CC(C2CCC(Br)CC2)(C3)C4)cc1. The largest absolute Gasteiger partial charge is 0.0891 e. The summed E-state index contributed by atoms with van der Waals surface area (Å²) >= 11 is 15.5. The van der Waals surface area contributed by atoms with E-state index in [1.807, 2.05) is 0 Å². The maximum Gasteiger partial charge on any atom is 0.0175 e. The lowest BCUT2D eigenvalue weighted by Gasteiger charge is -2.74. The molecule has 2 aromatic carbocycles. The molecule has 0 saturated heterocycles. The summed E-state index contributed by atoms with van der Waals surface area (Å²) in [6, 6.07) is 19.3. The predicted octanol–water partition coefficient (Wildman–Crippen LogP) is 11.6. The topological polar surface area (TPSA) is 0 Å². The first-order valence-electron chi connectivity index (χ1n) is 15.0. The molecule has 4 bridgehead atoms. The van der Waals surface area contributed by atoms with Gasteiger partial charge in [-0.2, -0.15) is 0 Å². The summed E-state index contributed by atoms with van der Waals surface area (Å²) in [5.41, 5.74) is 4.84. The zero-order chi connectivity index (χ0) is 26.2. The highest BCUT2D eigenvalue weighted by Gasteiger charge is 2.71. The molecule has 204 valence electrons. The summed E-state index contributed by atoms with van der Waals surface area (Å²) in [7, 11) is 0. The first kappa shape index (κ1) is 27.2. The standard InChI is InChI=1S/C34H40Br4/c35-27-9-1-23(2-10-27)31-17-32(24-3-11-28(36)12-4-24)20-33(18-31,25-5-13-29(37)14-6-25)22-34(19-31,21-32)26-7-15-30(38)16-8-26/h1-4,9-12,25-26,29-30H,5-8,13-22H2. The molecule has 0 unspecified atom stereocenters. The second-order valence-corrected chi connectivity index (χ2v) is 18.7. The molecule has 38 heavy (non-hydrogen) atoms. The van der Waals surface area contributed by atoms with Gasteiger partial charge in [0.05, 0.1) is 0 Å². The Hall–Kier alpha value is 0.360. The van der Waals surface area contributed by atoms with E-state index in [1.165, 1.54) is 98.8 Å². The van der Waals surface area contributed by atoms with Crippen LogP contribution in [0.1, 0.15) is 101 Å². The van der Waals surface area contributed by atoms with Crippen molar-refractivity contribution >= 4 is 63.7 Å². The van der Waals surface area contributed by atoms with Gasteiger partial charge in [0, 0.05) is 18.6 Å². The van der Waals surface area contributed by atoms with Gasteiger partial charge in [0.25, 0.3) is 0 Å². The third-order valence-electron chi connectivity index (χ3n) is 12.1. The molecule has 0 amide bonds. The lowest BCUT2D eigenvalue weighted by atomic mass is 9.30. The zero-order valence-electron chi connectivity index (χ0n) is 22.3. The van der Waals surface area contributed by atoms with Crippen molar-refractivity contribution in [3.8, 4) is 0 Å². The molecule has 0 aromatic heterocycles. The van der Waals surface area contributed by atoms with E-state index in [-0.39, 0.29) is 0 Å². The summed E-state index contributed by atoms with van der Waals surface area (Å²) in [6.45, 7) is 0. The van der Waals surface area contributed by atoms with Gasteiger partial charge in [-0.15, -0.1) is 0 Å². The highest BCUT2D eigenvalue weighted by Crippen LogP contribution is 2.78. The van der Waals surface area contributed by atoms with Crippen molar-refractivity contribution in [3.05, 3.63) is 68.6 Å². The minimum Gasteiger partial charge on any atom is -0.0891 e. The first-order chi connectivity index (χ1) is 18.2. The van der Waals surface area contributed by atoms with E-state index in [0.717, 1.165) is 21.5 Å². The molecule has 0 nitrogen and oxygen atoms in total. The molecule has 4 heteroatoms. The quantitative estimate of drug-likeness (QED) is 0.272. The Balaban J connectivity index is 1.41. The van der Waals surface area contributed by atoms with E-state index in [4.69, 9.17) is 0 Å². The van der Waals surface area contributed by atoms with Crippen LogP contribution >= 0.6 is 63.7 Å². The van der Waals surface area contributed by atoms with Gasteiger partial charge in [-0.1, -0.05) is 88.0 Å². The first-order valence-corrected chi connectivity index (χ1v) is 18.5. The molecule has 0 N–H and O–H groups in total. The molecule has 8 rings (SSSR count). The van der Waals surface area contributed by atoms with Crippen LogP contribution in [0.5, 0.6) is 0 Å². The van der Waals surface area contributed by atoms with E-state index in [2.05, 4.69) is 112 Å². The third kappa shape index (κ3) is 4.51. The molecular weight excluding hydrogens is 728 g/mol. The molecular formula is C34H40Br4. The van der Waals surface area contributed by atoms with Crippen molar-refractivity contribution in [2.24, 2.45) is 22.7 Å². The molecule has 6 fully saturated rings. The van der Waals surface area contributed by atoms with Crippen molar-refractivity contribution in [1.82, 2.24) is 0 Å². The lowest BCUT2D eigenvalue weighted by Crippen LogP contribution is -2.67. The highest BCUT2D eigenvalue weighted by atomic mass is 79.9. The van der Waals surface area contributed by atoms with Crippen LogP contribution in [0.25, 0.3) is 0 Å². The Labute approximate surface area is 263 Å². The Bertz CT molecular complexity index is 1050. The fourth-order valence-corrected chi connectivity index (χ4v) is 12.8. The van der Waals surface area contributed by atoms with Gasteiger partial charge in [-0.3, -0.25) is 0 Å². The van der Waals surface area contributed by atoms with Crippen molar-refractivity contribution in [3.63, 3.8) is 0 Å². The van der Waals surface area contributed by atoms with Crippen LogP contribution in [0.15, 0.2) is 57.5 Å². The molecule has 0 spiro atoms. The van der Waals surface area contributed by atoms with Gasteiger partial charge < -0.3 is 0 Å². The Kier molecular flexibility index (Phi) is 7.14. The summed E-state index contributed by atoms with van der Waals surface area (Å²) in [6.07, 6.45) is 19.7. The maximum atomic E-state index is 4.00. The molecule has 0 heterocycles. The number of alkyl halides is 2. The van der Waals surface area contributed by atoms with Gasteiger partial charge in [0.15, 0.2) is 0 Å². The number of hydrogen-bond donors (Lipinski definition) is 0. The van der Waals surface area contributed by atoms with Gasteiger partial charge in [-0.25, -0.2) is 0 Å². The minimum atomic E-state index is 0.305. The van der Waals surface area contributed by atoms with E-state index in [9.17, 15) is 0 Å². The molecule has 6 saturated carbocycles. The smallest absolute Gasteiger partial charge is 0.0175 e. The molecule has 0 atom stereocenters. The predicted molar refractivity (Wildman–Crippen MR) is 174 cm³/mol. The summed E-state index contributed by atoms with van der Waals surface area (Å²) in [5.74, 6) is 1.77. The van der Waals surface area contributed by atoms with Gasteiger partial charge >= 0.3 is 0 Å². The number of hydrogen-bond acceptors (Lipinski definition) is 0. The van der Waals surface area contributed by atoms with Crippen LogP contribution in [0.3, 0.4) is 0 Å². The molecule has 0 radical (unpaired) electrons. The summed E-state index contributed by atoms with van der Waals surface area (Å²) in [5, 5.41) is 0. The number of benzene rings is 2. The fraction of sp³-hybridized carbons (Fsp3) is 0.647. The van der Waals surface area contributed by atoms with Gasteiger partial charge in [-0.05, 0) is 159 Å². The van der Waals surface area contributed by atoms with Crippen LogP contribution in [-0.4, -0.2) is 9.65 Å². The van der Waals surface area contributed by atoms with E-state index < -0.39 is 0 Å². The lowest BCUT2D eigenvalue weighted by molar-refractivity contribution is -0.192. The zero-order valence-corrected chi connectivity index (χ0v) is 28.7. The maximum absolute atomic E-state index is 4.00. The second kappa shape index (κ2) is 9.98. The average Bonchev–Trinajstić information content (AvgIpc) is 2.89. The normalized spacial score (nSPS) is 44.3. The van der Waals surface area contributed by atoms with E-state index in [0.29, 0.717) is 21.7 Å². The Morgan fingerprint density at radius 1 is 0.447 bits per heavy atom. The van der Waals surface area contributed by atoms with E-state index >= 15 is 0 Å².